The summed E-state index contributed by atoms with van der Waals surface area (Å²) in [6.07, 6.45) is 0.0411. The summed E-state index contributed by atoms with van der Waals surface area (Å²) in [6.45, 7) is 1.79. The van der Waals surface area contributed by atoms with E-state index in [0.29, 0.717) is 24.3 Å². The third-order valence-electron chi connectivity index (χ3n) is 7.73. The van der Waals surface area contributed by atoms with Crippen molar-refractivity contribution in [3.05, 3.63) is 35.1 Å². The Morgan fingerprint density at radius 3 is 2.76 bits per heavy atom. The Morgan fingerprint density at radius 1 is 1.32 bits per heavy atom. The van der Waals surface area contributed by atoms with Crippen molar-refractivity contribution in [1.82, 2.24) is 4.90 Å². The molecule has 1 saturated heterocycles. The average molecular weight is 473 g/mol. The van der Waals surface area contributed by atoms with Gasteiger partial charge in [-0.1, -0.05) is 6.07 Å². The first-order chi connectivity index (χ1) is 16.1. The lowest BCUT2D eigenvalue weighted by atomic mass is 9.50. The van der Waals surface area contributed by atoms with Crippen LogP contribution in [0.25, 0.3) is 0 Å². The average Bonchev–Trinajstić information content (AvgIpc) is 3.13. The number of carboxylic acids is 1. The molecule has 34 heavy (non-hydrogen) atoms. The predicted molar refractivity (Wildman–Crippen MR) is 115 cm³/mol. The summed E-state index contributed by atoms with van der Waals surface area (Å²) in [5.41, 5.74) is -0.0257. The number of aliphatic hydroxyl groups is 1. The minimum Gasteiger partial charge on any atom is -0.493 e. The van der Waals surface area contributed by atoms with Crippen LogP contribution in [-0.2, 0) is 35.7 Å². The fourth-order valence-electron chi connectivity index (χ4n) is 6.29. The Labute approximate surface area is 196 Å². The topological polar surface area (TPSA) is 132 Å². The maximum absolute atomic E-state index is 12.7. The Balaban J connectivity index is 1.52. The first-order valence-electron chi connectivity index (χ1n) is 11.2. The number of benzene rings is 1. The molecule has 2 N–H and O–H groups in total. The molecule has 2 aliphatic carbocycles. The number of rotatable bonds is 6. The van der Waals surface area contributed by atoms with E-state index in [1.807, 2.05) is 19.2 Å². The van der Waals surface area contributed by atoms with Gasteiger partial charge in [0.1, 0.15) is 5.76 Å². The molecule has 10 nitrogen and oxygen atoms in total. The number of piperidine rings is 1. The Bertz CT molecular complexity index is 1110. The van der Waals surface area contributed by atoms with Crippen LogP contribution in [0.5, 0.6) is 11.5 Å². The summed E-state index contributed by atoms with van der Waals surface area (Å²) in [6, 6.07) is 3.69. The third kappa shape index (κ3) is 2.98. The molecule has 0 radical (unpaired) electrons. The summed E-state index contributed by atoms with van der Waals surface area (Å²) >= 11 is 0. The first-order valence-corrected chi connectivity index (χ1v) is 11.2. The van der Waals surface area contributed by atoms with Gasteiger partial charge in [0, 0.05) is 24.9 Å². The van der Waals surface area contributed by atoms with Crippen molar-refractivity contribution >= 4 is 17.9 Å². The number of carbonyl (C=O) groups excluding carboxylic acids is 2. The Kier molecular flexibility index (Phi) is 5.14. The van der Waals surface area contributed by atoms with Crippen LogP contribution >= 0.6 is 0 Å². The van der Waals surface area contributed by atoms with Crippen LogP contribution in [0.4, 0.5) is 0 Å². The lowest BCUT2D eigenvalue weighted by Crippen LogP contribution is -2.74. The molecule has 0 unspecified atom stereocenters. The van der Waals surface area contributed by atoms with Crippen LogP contribution < -0.4 is 9.47 Å². The predicted octanol–water partition coefficient (Wildman–Crippen LogP) is 0.922. The highest BCUT2D eigenvalue weighted by Crippen LogP contribution is 2.65. The molecular weight excluding hydrogens is 446 g/mol. The molecule has 4 aliphatic rings. The van der Waals surface area contributed by atoms with Gasteiger partial charge in [0.05, 0.1) is 24.5 Å². The molecule has 1 aromatic rings. The standard InChI is InChI=1S/C24H27NO9/c1-12(26)32-16(22(28)29)11-18(27)33-15-6-7-24(30)17-10-13-4-5-14(31-3)20-19(13)23(24,21(15)34-20)8-9-25(17)2/h4-6,16-17,21,30H,7-11H2,1-3H3,(H,28,29)/t16-,17-,21-,23-,24+/m0/s1. The Hall–Kier alpha value is -3.11. The first kappa shape index (κ1) is 22.7. The van der Waals surface area contributed by atoms with Crippen molar-refractivity contribution in [2.24, 2.45) is 0 Å². The molecule has 1 spiro atoms. The second-order valence-electron chi connectivity index (χ2n) is 9.40. The van der Waals surface area contributed by atoms with Gasteiger partial charge in [-0.2, -0.15) is 0 Å². The molecular formula is C24H27NO9. The van der Waals surface area contributed by atoms with E-state index in [1.165, 1.54) is 0 Å². The molecule has 10 heteroatoms. The van der Waals surface area contributed by atoms with Crippen molar-refractivity contribution in [3.8, 4) is 11.5 Å². The highest BCUT2D eigenvalue weighted by molar-refractivity contribution is 5.83. The normalized spacial score (nSPS) is 31.5. The van der Waals surface area contributed by atoms with Gasteiger partial charge in [-0.15, -0.1) is 0 Å². The molecule has 0 aromatic heterocycles. The Morgan fingerprint density at radius 2 is 2.09 bits per heavy atom. The molecule has 2 heterocycles. The zero-order valence-electron chi connectivity index (χ0n) is 19.2. The number of methoxy groups -OCH3 is 1. The highest BCUT2D eigenvalue weighted by Gasteiger charge is 2.72. The van der Waals surface area contributed by atoms with Gasteiger partial charge in [0.15, 0.2) is 17.6 Å². The number of hydrogen-bond donors (Lipinski definition) is 2. The van der Waals surface area contributed by atoms with Gasteiger partial charge in [-0.3, -0.25) is 9.59 Å². The number of likely N-dealkylation sites (tertiary alicyclic amines) is 1. The van der Waals surface area contributed by atoms with E-state index in [2.05, 4.69) is 4.90 Å². The van der Waals surface area contributed by atoms with Crippen LogP contribution in [0.2, 0.25) is 0 Å². The number of carbonyl (C=O) groups is 3. The van der Waals surface area contributed by atoms with Crippen LogP contribution in [0, 0.1) is 0 Å². The third-order valence-corrected chi connectivity index (χ3v) is 7.73. The molecule has 0 saturated carbocycles. The van der Waals surface area contributed by atoms with Crippen molar-refractivity contribution in [3.63, 3.8) is 0 Å². The van der Waals surface area contributed by atoms with E-state index in [1.54, 1.807) is 13.2 Å². The summed E-state index contributed by atoms with van der Waals surface area (Å²) in [5, 5.41) is 21.4. The SMILES string of the molecule is COc1ccc2c3c1O[C@H]1C(OC(=O)C[C@H](OC(C)=O)C(=O)O)=CC[C@@]4(O)[C@H](C2)N(C)CC[C@]314. The van der Waals surface area contributed by atoms with Crippen LogP contribution in [-0.4, -0.2) is 77.6 Å². The number of aliphatic carboxylic acids is 1. The minimum atomic E-state index is -1.65. The number of ether oxygens (including phenoxy) is 4. The zero-order valence-corrected chi connectivity index (χ0v) is 19.2. The second kappa shape index (κ2) is 7.71. The lowest BCUT2D eigenvalue weighted by Gasteiger charge is -2.61. The molecule has 2 aliphatic heterocycles. The zero-order chi connectivity index (χ0) is 24.4. The van der Waals surface area contributed by atoms with Gasteiger partial charge in [0.2, 0.25) is 6.10 Å². The van der Waals surface area contributed by atoms with Crippen LogP contribution in [0.15, 0.2) is 24.0 Å². The molecule has 182 valence electrons. The van der Waals surface area contributed by atoms with Gasteiger partial charge >= 0.3 is 17.9 Å². The number of nitrogens with zero attached hydrogens (tertiary/aromatic N) is 1. The quantitative estimate of drug-likeness (QED) is 0.575. The minimum absolute atomic E-state index is 0.145. The molecule has 5 atom stereocenters. The maximum atomic E-state index is 12.7. The van der Waals surface area contributed by atoms with Crippen LogP contribution in [0.3, 0.4) is 0 Å². The molecule has 0 amide bonds. The second-order valence-corrected chi connectivity index (χ2v) is 9.40. The summed E-state index contributed by atoms with van der Waals surface area (Å²) in [5.74, 6) is -1.82. The van der Waals surface area contributed by atoms with Crippen molar-refractivity contribution in [2.45, 2.75) is 61.9 Å². The molecule has 5 rings (SSSR count). The smallest absolute Gasteiger partial charge is 0.345 e. The number of esters is 2. The van der Waals surface area contributed by atoms with Gasteiger partial charge < -0.3 is 34.1 Å². The van der Waals surface area contributed by atoms with Crippen molar-refractivity contribution in [1.29, 1.82) is 0 Å². The van der Waals surface area contributed by atoms with Crippen LogP contribution in [0.1, 0.15) is 37.3 Å². The van der Waals surface area contributed by atoms with E-state index >= 15 is 0 Å². The molecule has 2 bridgehead atoms. The van der Waals surface area contributed by atoms with E-state index in [0.717, 1.165) is 24.6 Å². The summed E-state index contributed by atoms with van der Waals surface area (Å²) in [4.78, 5) is 37.4. The maximum Gasteiger partial charge on any atom is 0.345 e. The van der Waals surface area contributed by atoms with E-state index in [-0.39, 0.29) is 18.2 Å². The van der Waals surface area contributed by atoms with E-state index in [4.69, 9.17) is 18.9 Å². The molecule has 1 fully saturated rings. The fraction of sp³-hybridized carbons (Fsp3) is 0.542. The van der Waals surface area contributed by atoms with Gasteiger partial charge in [-0.25, -0.2) is 4.79 Å². The largest absolute Gasteiger partial charge is 0.493 e. The summed E-state index contributed by atoms with van der Waals surface area (Å²) in [7, 11) is 3.54. The number of likely N-dealkylation sites (N-methyl/N-ethyl adjacent to an activating group) is 1. The van der Waals surface area contributed by atoms with Gasteiger partial charge in [0.25, 0.3) is 0 Å². The van der Waals surface area contributed by atoms with Crippen molar-refractivity contribution in [2.75, 3.05) is 20.7 Å². The summed E-state index contributed by atoms with van der Waals surface area (Å²) < 4.78 is 22.3. The monoisotopic (exact) mass is 473 g/mol. The van der Waals surface area contributed by atoms with Gasteiger partial charge in [-0.05, 0) is 44.1 Å². The lowest BCUT2D eigenvalue weighted by molar-refractivity contribution is -0.173. The highest BCUT2D eigenvalue weighted by atomic mass is 16.6. The van der Waals surface area contributed by atoms with E-state index < -0.39 is 47.6 Å². The number of hydrogen-bond acceptors (Lipinski definition) is 9. The molecule has 1 aromatic carbocycles. The fourth-order valence-corrected chi connectivity index (χ4v) is 6.29. The van der Waals surface area contributed by atoms with Crippen molar-refractivity contribution < 1.29 is 43.5 Å². The van der Waals surface area contributed by atoms with E-state index in [9.17, 15) is 24.6 Å². The number of carboxylic acid groups (broad SMARTS) is 1.